The number of anilines is 1. The van der Waals surface area contributed by atoms with Crippen molar-refractivity contribution in [2.45, 2.75) is 12.6 Å². The molecule has 0 radical (unpaired) electrons. The molecule has 182 valence electrons. The molecular weight excluding hydrogens is 458 g/mol. The summed E-state index contributed by atoms with van der Waals surface area (Å²) in [5.74, 6) is 0.0495. The van der Waals surface area contributed by atoms with Gasteiger partial charge in [-0.25, -0.2) is 19.9 Å². The molecule has 1 saturated heterocycles. The number of methoxy groups -OCH3 is 1. The third-order valence-electron chi connectivity index (χ3n) is 6.28. The Hall–Kier alpha value is -4.44. The molecule has 2 aromatic heterocycles. The number of aromatic nitrogens is 4. The number of carbonyl (C=O) groups excluding carboxylic acids is 2. The van der Waals surface area contributed by atoms with E-state index in [0.29, 0.717) is 31.0 Å². The van der Waals surface area contributed by atoms with E-state index in [1.165, 1.54) is 19.8 Å². The molecule has 10 heteroatoms. The Balaban J connectivity index is 1.32. The van der Waals surface area contributed by atoms with E-state index in [1.807, 2.05) is 30.3 Å². The molecule has 0 spiro atoms. The van der Waals surface area contributed by atoms with Crippen molar-refractivity contribution in [1.29, 1.82) is 0 Å². The Morgan fingerprint density at radius 1 is 1.06 bits per heavy atom. The maximum Gasteiger partial charge on any atom is 0.254 e. The first kappa shape index (κ1) is 23.3. The number of nitrogen functional groups attached to an aromatic ring is 1. The number of hydrogen-bond acceptors (Lipinski definition) is 8. The van der Waals surface area contributed by atoms with Crippen molar-refractivity contribution < 1.29 is 14.3 Å². The molecule has 1 aliphatic rings. The number of nitrogens with two attached hydrogens (primary N) is 1. The van der Waals surface area contributed by atoms with Crippen LogP contribution < -0.4 is 5.73 Å². The number of amides is 2. The fourth-order valence-corrected chi connectivity index (χ4v) is 4.41. The minimum absolute atomic E-state index is 0.113. The summed E-state index contributed by atoms with van der Waals surface area (Å²) in [6, 6.07) is 14.0. The molecule has 1 atom stereocenters. The molecule has 2 amide bonds. The number of benzene rings is 2. The third kappa shape index (κ3) is 4.58. The lowest BCUT2D eigenvalue weighted by Crippen LogP contribution is -2.60. The van der Waals surface area contributed by atoms with Gasteiger partial charge in [-0.2, -0.15) is 0 Å². The van der Waals surface area contributed by atoms with Gasteiger partial charge in [0.05, 0.1) is 17.8 Å². The first-order chi connectivity index (χ1) is 17.5. The van der Waals surface area contributed by atoms with E-state index in [-0.39, 0.29) is 18.4 Å². The summed E-state index contributed by atoms with van der Waals surface area (Å²) in [6.07, 6.45) is 4.57. The molecule has 4 aromatic rings. The van der Waals surface area contributed by atoms with Crippen LogP contribution in [0.15, 0.2) is 67.4 Å². The summed E-state index contributed by atoms with van der Waals surface area (Å²) in [6.45, 7) is 1.32. The van der Waals surface area contributed by atoms with Gasteiger partial charge < -0.3 is 20.3 Å². The molecule has 10 nitrogen and oxygen atoms in total. The molecule has 36 heavy (non-hydrogen) atoms. The zero-order valence-electron chi connectivity index (χ0n) is 19.7. The minimum Gasteiger partial charge on any atom is -0.383 e. The van der Waals surface area contributed by atoms with Gasteiger partial charge in [0.15, 0.2) is 0 Å². The molecule has 0 saturated carbocycles. The van der Waals surface area contributed by atoms with Gasteiger partial charge in [0.2, 0.25) is 5.91 Å². The molecule has 5 rings (SSSR count). The van der Waals surface area contributed by atoms with Crippen LogP contribution in [0.4, 0.5) is 5.82 Å². The fraction of sp³-hybridized carbons (Fsp3) is 0.231. The highest BCUT2D eigenvalue weighted by atomic mass is 16.5. The van der Waals surface area contributed by atoms with Crippen LogP contribution in [-0.4, -0.2) is 74.4 Å². The molecule has 2 N–H and O–H groups in total. The van der Waals surface area contributed by atoms with Gasteiger partial charge in [-0.3, -0.25) is 9.59 Å². The van der Waals surface area contributed by atoms with Crippen molar-refractivity contribution in [2.75, 3.05) is 32.5 Å². The van der Waals surface area contributed by atoms with E-state index in [2.05, 4.69) is 19.9 Å². The second-order valence-electron chi connectivity index (χ2n) is 8.51. The van der Waals surface area contributed by atoms with Gasteiger partial charge in [0.25, 0.3) is 5.91 Å². The van der Waals surface area contributed by atoms with Crippen LogP contribution >= 0.6 is 0 Å². The summed E-state index contributed by atoms with van der Waals surface area (Å²) < 4.78 is 5.33. The number of nitrogens with zero attached hydrogens (tertiary/aromatic N) is 6. The molecule has 0 unspecified atom stereocenters. The number of piperazine rings is 1. The lowest BCUT2D eigenvalue weighted by atomic mass is 10.0. The van der Waals surface area contributed by atoms with E-state index >= 15 is 0 Å². The van der Waals surface area contributed by atoms with Crippen LogP contribution in [-0.2, 0) is 16.1 Å². The summed E-state index contributed by atoms with van der Waals surface area (Å²) in [4.78, 5) is 46.6. The Labute approximate surface area is 207 Å². The fourth-order valence-electron chi connectivity index (χ4n) is 4.41. The molecule has 1 aliphatic heterocycles. The second-order valence-corrected chi connectivity index (χ2v) is 8.51. The largest absolute Gasteiger partial charge is 0.383 e. The average molecular weight is 484 g/mol. The average Bonchev–Trinajstić information content (AvgIpc) is 2.91. The minimum atomic E-state index is -0.712. The van der Waals surface area contributed by atoms with Crippen LogP contribution in [0.5, 0.6) is 0 Å². The number of fused-ring (bicyclic) bond motifs is 1. The standard InChI is InChI=1S/C26H25N7O3/c1-36-14-23-26(35)32(13-17-2-7-20-22(12-17)30-16-31-24(20)27)10-11-33(23)25(34)19-5-3-18(4-6-19)21-8-9-28-15-29-21/h2-9,12,15-16,23H,10-11,13-14H2,1H3,(H2,27,30,31)/t23-/m0/s1. The maximum atomic E-state index is 13.4. The Kier molecular flexibility index (Phi) is 6.50. The van der Waals surface area contributed by atoms with Crippen molar-refractivity contribution in [1.82, 2.24) is 29.7 Å². The lowest BCUT2D eigenvalue weighted by Gasteiger charge is -2.40. The molecule has 3 heterocycles. The van der Waals surface area contributed by atoms with Crippen LogP contribution in [0, 0.1) is 0 Å². The van der Waals surface area contributed by atoms with Gasteiger partial charge in [-0.15, -0.1) is 0 Å². The predicted octanol–water partition coefficient (Wildman–Crippen LogP) is 2.17. The quantitative estimate of drug-likeness (QED) is 0.442. The number of hydrogen-bond donors (Lipinski definition) is 1. The van der Waals surface area contributed by atoms with Crippen LogP contribution in [0.1, 0.15) is 15.9 Å². The predicted molar refractivity (Wildman–Crippen MR) is 134 cm³/mol. The van der Waals surface area contributed by atoms with Gasteiger partial charge in [-0.1, -0.05) is 18.2 Å². The molecule has 2 aromatic carbocycles. The van der Waals surface area contributed by atoms with Gasteiger partial charge >= 0.3 is 0 Å². The lowest BCUT2D eigenvalue weighted by molar-refractivity contribution is -0.143. The summed E-state index contributed by atoms with van der Waals surface area (Å²) >= 11 is 0. The van der Waals surface area contributed by atoms with E-state index in [1.54, 1.807) is 34.2 Å². The molecule has 0 bridgehead atoms. The zero-order valence-corrected chi connectivity index (χ0v) is 19.7. The van der Waals surface area contributed by atoms with E-state index in [9.17, 15) is 9.59 Å². The molecular formula is C26H25N7O3. The Morgan fingerprint density at radius 3 is 2.64 bits per heavy atom. The van der Waals surface area contributed by atoms with Crippen molar-refractivity contribution in [3.8, 4) is 11.3 Å². The second kappa shape index (κ2) is 10.0. The Bertz CT molecular complexity index is 1400. The van der Waals surface area contributed by atoms with Gasteiger partial charge in [0.1, 0.15) is 24.5 Å². The van der Waals surface area contributed by atoms with Crippen LogP contribution in [0.25, 0.3) is 22.2 Å². The van der Waals surface area contributed by atoms with Crippen LogP contribution in [0.3, 0.4) is 0 Å². The number of ether oxygens (including phenoxy) is 1. The maximum absolute atomic E-state index is 13.4. The third-order valence-corrected chi connectivity index (χ3v) is 6.28. The van der Waals surface area contributed by atoms with Crippen molar-refractivity contribution in [3.05, 3.63) is 78.5 Å². The van der Waals surface area contributed by atoms with Crippen molar-refractivity contribution in [3.63, 3.8) is 0 Å². The van der Waals surface area contributed by atoms with Crippen LogP contribution in [0.2, 0.25) is 0 Å². The van der Waals surface area contributed by atoms with Gasteiger partial charge in [-0.05, 0) is 35.9 Å². The number of rotatable bonds is 6. The Morgan fingerprint density at radius 2 is 1.89 bits per heavy atom. The highest BCUT2D eigenvalue weighted by molar-refractivity contribution is 5.98. The number of carbonyl (C=O) groups is 2. The van der Waals surface area contributed by atoms with Crippen molar-refractivity contribution >= 4 is 28.5 Å². The first-order valence-electron chi connectivity index (χ1n) is 11.5. The topological polar surface area (TPSA) is 127 Å². The summed E-state index contributed by atoms with van der Waals surface area (Å²) in [5, 5.41) is 0.769. The zero-order chi connectivity index (χ0) is 25.1. The smallest absolute Gasteiger partial charge is 0.254 e. The van der Waals surface area contributed by atoms with E-state index in [0.717, 1.165) is 27.7 Å². The normalized spacial score (nSPS) is 15.9. The van der Waals surface area contributed by atoms with E-state index in [4.69, 9.17) is 10.5 Å². The summed E-state index contributed by atoms with van der Waals surface area (Å²) in [7, 11) is 1.53. The monoisotopic (exact) mass is 483 g/mol. The van der Waals surface area contributed by atoms with Gasteiger partial charge in [0, 0.05) is 49.5 Å². The highest BCUT2D eigenvalue weighted by Crippen LogP contribution is 2.23. The first-order valence-corrected chi connectivity index (χ1v) is 11.5. The van der Waals surface area contributed by atoms with E-state index < -0.39 is 6.04 Å². The highest BCUT2D eigenvalue weighted by Gasteiger charge is 2.37. The molecule has 0 aliphatic carbocycles. The van der Waals surface area contributed by atoms with Crippen molar-refractivity contribution in [2.24, 2.45) is 0 Å². The summed E-state index contributed by atoms with van der Waals surface area (Å²) in [5.41, 5.74) is 9.72. The molecule has 1 fully saturated rings. The SMILES string of the molecule is COC[C@H]1C(=O)N(Cc2ccc3c(N)ncnc3c2)CCN1C(=O)c1ccc(-c2ccncn2)cc1.